The molecule has 1 atom stereocenters. The molecule has 1 N–H and O–H groups in total. The first-order valence-corrected chi connectivity index (χ1v) is 8.53. The lowest BCUT2D eigenvalue weighted by atomic mass is 9.84. The Balaban J connectivity index is 0.00000144. The molecule has 3 nitrogen and oxygen atoms in total. The van der Waals surface area contributed by atoms with Crippen LogP contribution < -0.4 is 5.32 Å². The van der Waals surface area contributed by atoms with Gasteiger partial charge in [-0.25, -0.2) is 4.39 Å². The molecule has 2 saturated heterocycles. The number of hydrogen-bond donors (Lipinski definition) is 1. The van der Waals surface area contributed by atoms with Gasteiger partial charge in [-0.05, 0) is 37.3 Å². The minimum atomic E-state index is -0.137. The van der Waals surface area contributed by atoms with E-state index in [1.807, 2.05) is 13.0 Å². The van der Waals surface area contributed by atoms with Gasteiger partial charge in [-0.15, -0.1) is 24.8 Å². The van der Waals surface area contributed by atoms with Crippen LogP contribution in [0.2, 0.25) is 5.02 Å². The average molecular weight is 400 g/mol. The first kappa shape index (κ1) is 21.9. The van der Waals surface area contributed by atoms with Gasteiger partial charge in [0.15, 0.2) is 0 Å². The molecule has 1 aromatic carbocycles. The molecular weight excluding hydrogens is 374 g/mol. The summed E-state index contributed by atoms with van der Waals surface area (Å²) in [6.07, 6.45) is 1.94. The van der Waals surface area contributed by atoms with Crippen molar-refractivity contribution in [3.05, 3.63) is 34.1 Å². The van der Waals surface area contributed by atoms with Gasteiger partial charge in [-0.2, -0.15) is 0 Å². The molecule has 0 unspecified atom stereocenters. The predicted molar refractivity (Wildman–Crippen MR) is 101 cm³/mol. The minimum Gasteiger partial charge on any atom is -0.381 e. The van der Waals surface area contributed by atoms with Crippen molar-refractivity contribution in [3.8, 4) is 0 Å². The van der Waals surface area contributed by atoms with Crippen LogP contribution in [0.5, 0.6) is 0 Å². The number of nitrogens with zero attached hydrogens (tertiary/aromatic N) is 1. The van der Waals surface area contributed by atoms with Crippen LogP contribution in [0, 0.1) is 18.7 Å². The van der Waals surface area contributed by atoms with Crippen LogP contribution in [0.25, 0.3) is 0 Å². The van der Waals surface area contributed by atoms with Crippen molar-refractivity contribution in [2.75, 3.05) is 39.4 Å². The fraction of sp³-hybridized carbons (Fsp3) is 0.647. The van der Waals surface area contributed by atoms with E-state index >= 15 is 0 Å². The van der Waals surface area contributed by atoms with Gasteiger partial charge in [0.25, 0.3) is 0 Å². The van der Waals surface area contributed by atoms with Crippen LogP contribution in [-0.2, 0) is 4.74 Å². The molecule has 24 heavy (non-hydrogen) atoms. The zero-order chi connectivity index (χ0) is 15.5. The Morgan fingerprint density at radius 1 is 1.21 bits per heavy atom. The first-order chi connectivity index (χ1) is 10.7. The van der Waals surface area contributed by atoms with E-state index in [1.54, 1.807) is 6.07 Å². The molecule has 138 valence electrons. The molecule has 2 aliphatic rings. The molecule has 2 aliphatic heterocycles. The zero-order valence-electron chi connectivity index (χ0n) is 13.9. The Morgan fingerprint density at radius 3 is 2.46 bits per heavy atom. The van der Waals surface area contributed by atoms with Gasteiger partial charge in [0, 0.05) is 56.0 Å². The summed E-state index contributed by atoms with van der Waals surface area (Å²) in [7, 11) is 0. The molecule has 0 amide bonds. The fourth-order valence-corrected chi connectivity index (χ4v) is 3.92. The van der Waals surface area contributed by atoms with Crippen molar-refractivity contribution in [2.45, 2.75) is 25.8 Å². The van der Waals surface area contributed by atoms with E-state index in [2.05, 4.69) is 10.2 Å². The van der Waals surface area contributed by atoms with Crippen molar-refractivity contribution in [1.82, 2.24) is 10.2 Å². The predicted octanol–water partition coefficient (Wildman–Crippen LogP) is 4.00. The van der Waals surface area contributed by atoms with Crippen molar-refractivity contribution >= 4 is 36.4 Å². The number of aryl methyl sites for hydroxylation is 1. The molecule has 1 aromatic rings. The number of ether oxygens (including phenoxy) is 1. The number of nitrogens with one attached hydrogen (secondary N) is 1. The third kappa shape index (κ3) is 4.75. The van der Waals surface area contributed by atoms with Crippen LogP contribution in [-0.4, -0.2) is 44.3 Å². The van der Waals surface area contributed by atoms with Crippen molar-refractivity contribution in [3.63, 3.8) is 0 Å². The van der Waals surface area contributed by atoms with Crippen LogP contribution in [0.1, 0.15) is 30.0 Å². The van der Waals surface area contributed by atoms with E-state index in [1.165, 1.54) is 0 Å². The molecule has 0 saturated carbocycles. The molecule has 0 aliphatic carbocycles. The second kappa shape index (κ2) is 10.1. The largest absolute Gasteiger partial charge is 0.381 e. The van der Waals surface area contributed by atoms with Crippen LogP contribution >= 0.6 is 36.4 Å². The molecule has 0 bridgehead atoms. The van der Waals surface area contributed by atoms with Gasteiger partial charge in [0.05, 0.1) is 0 Å². The average Bonchev–Trinajstić information content (AvgIpc) is 2.57. The molecule has 0 spiro atoms. The summed E-state index contributed by atoms with van der Waals surface area (Å²) in [4.78, 5) is 2.40. The van der Waals surface area contributed by atoms with Crippen LogP contribution in [0.3, 0.4) is 0 Å². The molecule has 3 rings (SSSR count). The van der Waals surface area contributed by atoms with Gasteiger partial charge in [-0.3, -0.25) is 4.90 Å². The number of hydrogen-bond acceptors (Lipinski definition) is 3. The second-order valence-electron chi connectivity index (χ2n) is 6.27. The number of halogens is 4. The van der Waals surface area contributed by atoms with E-state index in [-0.39, 0.29) is 36.7 Å². The van der Waals surface area contributed by atoms with Gasteiger partial charge < -0.3 is 10.1 Å². The monoisotopic (exact) mass is 398 g/mol. The molecule has 0 radical (unpaired) electrons. The summed E-state index contributed by atoms with van der Waals surface area (Å²) >= 11 is 6.42. The van der Waals surface area contributed by atoms with Crippen molar-refractivity contribution in [1.29, 1.82) is 0 Å². The van der Waals surface area contributed by atoms with E-state index in [4.69, 9.17) is 16.3 Å². The van der Waals surface area contributed by atoms with Crippen LogP contribution in [0.15, 0.2) is 12.1 Å². The fourth-order valence-electron chi connectivity index (χ4n) is 3.66. The summed E-state index contributed by atoms with van der Waals surface area (Å²) in [5.41, 5.74) is 1.36. The summed E-state index contributed by atoms with van der Waals surface area (Å²) in [5, 5.41) is 3.93. The summed E-state index contributed by atoms with van der Waals surface area (Å²) < 4.78 is 20.4. The third-order valence-corrected chi connectivity index (χ3v) is 5.20. The van der Waals surface area contributed by atoms with Gasteiger partial charge in [-0.1, -0.05) is 17.7 Å². The summed E-state index contributed by atoms with van der Waals surface area (Å²) in [6, 6.07) is 3.66. The lowest BCUT2D eigenvalue weighted by Gasteiger charge is -2.41. The van der Waals surface area contributed by atoms with Crippen LogP contribution in [0.4, 0.5) is 4.39 Å². The van der Waals surface area contributed by atoms with E-state index in [0.29, 0.717) is 22.1 Å². The number of rotatable bonds is 3. The molecule has 0 aromatic heterocycles. The van der Waals surface area contributed by atoms with Crippen molar-refractivity contribution < 1.29 is 9.13 Å². The SMILES string of the molecule is Cc1ccc(Cl)c([C@H](C2CCOCC2)N2CCNCC2)c1F.Cl.Cl. The maximum absolute atomic E-state index is 14.9. The molecule has 2 heterocycles. The topological polar surface area (TPSA) is 24.5 Å². The maximum Gasteiger partial charge on any atom is 0.132 e. The summed E-state index contributed by atoms with van der Waals surface area (Å²) in [5.74, 6) is 0.267. The van der Waals surface area contributed by atoms with Gasteiger partial charge in [0.1, 0.15) is 5.82 Å². The third-order valence-electron chi connectivity index (χ3n) is 4.87. The Kier molecular flexibility index (Phi) is 9.28. The summed E-state index contributed by atoms with van der Waals surface area (Å²) in [6.45, 7) is 7.11. The lowest BCUT2D eigenvalue weighted by Crippen LogP contribution is -2.48. The molecular formula is C17H26Cl3FN2O. The second-order valence-corrected chi connectivity index (χ2v) is 6.68. The first-order valence-electron chi connectivity index (χ1n) is 8.15. The molecule has 2 fully saturated rings. The number of piperazine rings is 1. The highest BCUT2D eigenvalue weighted by molar-refractivity contribution is 6.31. The Morgan fingerprint density at radius 2 is 1.83 bits per heavy atom. The molecule has 7 heteroatoms. The smallest absolute Gasteiger partial charge is 0.132 e. The van der Waals surface area contributed by atoms with E-state index in [0.717, 1.165) is 52.2 Å². The zero-order valence-corrected chi connectivity index (χ0v) is 16.3. The maximum atomic E-state index is 14.9. The minimum absolute atomic E-state index is 0. The standard InChI is InChI=1S/C17H24ClFN2O.2ClH/c1-12-2-3-14(18)15(16(12)19)17(13-4-10-22-11-5-13)21-8-6-20-7-9-21;;/h2-3,13,17,20H,4-11H2,1H3;2*1H/t17-;;/m0../s1. The highest BCUT2D eigenvalue weighted by atomic mass is 35.5. The Bertz CT molecular complexity index is 503. The normalized spacial score (nSPS) is 20.8. The Hall–Kier alpha value is -0.100. The Labute approximate surface area is 161 Å². The lowest BCUT2D eigenvalue weighted by molar-refractivity contribution is 0.0203. The van der Waals surface area contributed by atoms with Crippen molar-refractivity contribution in [2.24, 2.45) is 5.92 Å². The van der Waals surface area contributed by atoms with E-state index in [9.17, 15) is 4.39 Å². The van der Waals surface area contributed by atoms with Gasteiger partial charge >= 0.3 is 0 Å². The van der Waals surface area contributed by atoms with E-state index < -0.39 is 0 Å². The number of benzene rings is 1. The highest BCUT2D eigenvalue weighted by Crippen LogP contribution is 2.40. The van der Waals surface area contributed by atoms with Gasteiger partial charge in [0.2, 0.25) is 0 Å². The highest BCUT2D eigenvalue weighted by Gasteiger charge is 2.34. The quantitative estimate of drug-likeness (QED) is 0.831.